The van der Waals surface area contributed by atoms with E-state index in [-0.39, 0.29) is 22.9 Å². The van der Waals surface area contributed by atoms with E-state index in [1.165, 1.54) is 34.8 Å². The number of sulfonamides is 1. The maximum absolute atomic E-state index is 12.6. The summed E-state index contributed by atoms with van der Waals surface area (Å²) in [5, 5.41) is 0. The normalized spacial score (nSPS) is 15.3. The lowest BCUT2D eigenvalue weighted by Crippen LogP contribution is -2.40. The minimum atomic E-state index is -3.57. The number of pyridine rings is 1. The molecule has 0 radical (unpaired) electrons. The van der Waals surface area contributed by atoms with Crippen LogP contribution in [0, 0.1) is 0 Å². The fourth-order valence-electron chi connectivity index (χ4n) is 2.56. The van der Waals surface area contributed by atoms with Crippen LogP contribution in [0.5, 0.6) is 11.6 Å². The van der Waals surface area contributed by atoms with Crippen LogP contribution in [0.25, 0.3) is 0 Å². The molecule has 0 aliphatic carbocycles. The summed E-state index contributed by atoms with van der Waals surface area (Å²) in [5.74, 6) is -0.0768. The molecule has 2 aromatic rings. The first-order valence-corrected chi connectivity index (χ1v) is 9.94. The second kappa shape index (κ2) is 8.47. The molecule has 1 saturated heterocycles. The number of aromatic nitrogens is 1. The third-order valence-corrected chi connectivity index (χ3v) is 5.83. The number of morpholine rings is 1. The highest BCUT2D eigenvalue weighted by Gasteiger charge is 2.26. The molecule has 3 rings (SSSR count). The second-order valence-corrected chi connectivity index (χ2v) is 7.60. The first-order valence-electron chi connectivity index (χ1n) is 8.50. The lowest BCUT2D eigenvalue weighted by atomic mass is 10.2. The van der Waals surface area contributed by atoms with Crippen LogP contribution in [-0.2, 0) is 19.5 Å². The van der Waals surface area contributed by atoms with Gasteiger partial charge in [-0.2, -0.15) is 4.31 Å². The molecule has 0 unspecified atom stereocenters. The maximum Gasteiger partial charge on any atom is 0.343 e. The first-order chi connectivity index (χ1) is 13.0. The molecule has 9 heteroatoms. The van der Waals surface area contributed by atoms with E-state index < -0.39 is 16.0 Å². The van der Waals surface area contributed by atoms with Crippen molar-refractivity contribution >= 4 is 16.0 Å². The highest BCUT2D eigenvalue weighted by molar-refractivity contribution is 7.89. The number of benzene rings is 1. The van der Waals surface area contributed by atoms with E-state index in [0.29, 0.717) is 32.1 Å². The van der Waals surface area contributed by atoms with Crippen LogP contribution in [0.15, 0.2) is 47.5 Å². The molecule has 0 amide bonds. The lowest BCUT2D eigenvalue weighted by molar-refractivity contribution is 0.0522. The van der Waals surface area contributed by atoms with E-state index in [9.17, 15) is 13.2 Å². The maximum atomic E-state index is 12.6. The Bertz CT molecular complexity index is 892. The van der Waals surface area contributed by atoms with Crippen LogP contribution < -0.4 is 4.74 Å². The van der Waals surface area contributed by atoms with Gasteiger partial charge in [0.2, 0.25) is 15.9 Å². The van der Waals surface area contributed by atoms with Gasteiger partial charge in [-0.05, 0) is 43.3 Å². The molecule has 0 spiro atoms. The lowest BCUT2D eigenvalue weighted by Gasteiger charge is -2.26. The predicted octanol–water partition coefficient (Wildman–Crippen LogP) is 2.07. The standard InChI is InChI=1S/C18H20N2O6S/c1-2-25-18(21)16-4-3-9-19-17(16)26-14-5-7-15(8-6-14)27(22,23)20-10-12-24-13-11-20/h3-9H,2,10-13H2,1H3. The van der Waals surface area contributed by atoms with Gasteiger partial charge in [0.1, 0.15) is 11.3 Å². The van der Waals surface area contributed by atoms with Crippen molar-refractivity contribution in [3.63, 3.8) is 0 Å². The Morgan fingerprint density at radius 2 is 1.89 bits per heavy atom. The smallest absolute Gasteiger partial charge is 0.343 e. The summed E-state index contributed by atoms with van der Waals surface area (Å²) in [4.78, 5) is 16.2. The molecule has 0 atom stereocenters. The Morgan fingerprint density at radius 1 is 1.19 bits per heavy atom. The van der Waals surface area contributed by atoms with Crippen molar-refractivity contribution in [3.05, 3.63) is 48.2 Å². The van der Waals surface area contributed by atoms with Crippen molar-refractivity contribution in [2.24, 2.45) is 0 Å². The molecule has 8 nitrogen and oxygen atoms in total. The summed E-state index contributed by atoms with van der Waals surface area (Å²) in [6, 6.07) is 9.14. The molecule has 1 aliphatic heterocycles. The summed E-state index contributed by atoms with van der Waals surface area (Å²) >= 11 is 0. The van der Waals surface area contributed by atoms with E-state index in [1.54, 1.807) is 19.1 Å². The molecule has 1 aromatic heterocycles. The molecule has 144 valence electrons. The van der Waals surface area contributed by atoms with Gasteiger partial charge in [0.15, 0.2) is 0 Å². The summed E-state index contributed by atoms with van der Waals surface area (Å²) in [6.45, 7) is 3.38. The zero-order valence-electron chi connectivity index (χ0n) is 14.8. The molecule has 0 saturated carbocycles. The van der Waals surface area contributed by atoms with Crippen molar-refractivity contribution in [2.45, 2.75) is 11.8 Å². The van der Waals surface area contributed by atoms with Crippen LogP contribution >= 0.6 is 0 Å². The largest absolute Gasteiger partial charge is 0.462 e. The van der Waals surface area contributed by atoms with Crippen LogP contribution in [-0.4, -0.2) is 56.6 Å². The molecule has 2 heterocycles. The van der Waals surface area contributed by atoms with Gasteiger partial charge < -0.3 is 14.2 Å². The van der Waals surface area contributed by atoms with Crippen LogP contribution in [0.2, 0.25) is 0 Å². The van der Waals surface area contributed by atoms with Crippen LogP contribution in [0.3, 0.4) is 0 Å². The van der Waals surface area contributed by atoms with E-state index in [4.69, 9.17) is 14.2 Å². The zero-order valence-corrected chi connectivity index (χ0v) is 15.6. The molecular weight excluding hydrogens is 372 g/mol. The van der Waals surface area contributed by atoms with E-state index in [0.717, 1.165) is 0 Å². The van der Waals surface area contributed by atoms with Crippen molar-refractivity contribution in [3.8, 4) is 11.6 Å². The molecule has 27 heavy (non-hydrogen) atoms. The number of hydrogen-bond donors (Lipinski definition) is 0. The summed E-state index contributed by atoms with van der Waals surface area (Å²) in [6.07, 6.45) is 1.50. The van der Waals surface area contributed by atoms with Crippen LogP contribution in [0.4, 0.5) is 0 Å². The van der Waals surface area contributed by atoms with Gasteiger partial charge >= 0.3 is 5.97 Å². The van der Waals surface area contributed by atoms with Crippen molar-refractivity contribution in [1.29, 1.82) is 0 Å². The highest BCUT2D eigenvalue weighted by Crippen LogP contribution is 2.26. The monoisotopic (exact) mass is 392 g/mol. The van der Waals surface area contributed by atoms with Crippen molar-refractivity contribution in [2.75, 3.05) is 32.9 Å². The number of ether oxygens (including phenoxy) is 3. The Labute approximate surface area is 157 Å². The molecule has 1 aliphatic rings. The van der Waals surface area contributed by atoms with E-state index in [2.05, 4.69) is 4.98 Å². The van der Waals surface area contributed by atoms with E-state index >= 15 is 0 Å². The molecule has 0 bridgehead atoms. The zero-order chi connectivity index (χ0) is 19.3. The Hall–Kier alpha value is -2.49. The van der Waals surface area contributed by atoms with Gasteiger partial charge in [-0.1, -0.05) is 0 Å². The third-order valence-electron chi connectivity index (χ3n) is 3.91. The quantitative estimate of drug-likeness (QED) is 0.695. The number of esters is 1. The Kier molecular flexibility index (Phi) is 6.04. The fraction of sp³-hybridized carbons (Fsp3) is 0.333. The minimum absolute atomic E-state index is 0.0970. The van der Waals surface area contributed by atoms with E-state index in [1.807, 2.05) is 0 Å². The average Bonchev–Trinajstić information content (AvgIpc) is 2.70. The molecule has 1 aromatic carbocycles. The molecule has 1 fully saturated rings. The van der Waals surface area contributed by atoms with Crippen molar-refractivity contribution in [1.82, 2.24) is 9.29 Å². The third kappa shape index (κ3) is 4.44. The Morgan fingerprint density at radius 3 is 2.56 bits per heavy atom. The first kappa shape index (κ1) is 19.3. The SMILES string of the molecule is CCOC(=O)c1cccnc1Oc1ccc(S(=O)(=O)N2CCOCC2)cc1. The van der Waals surface area contributed by atoms with Gasteiger partial charge in [0, 0.05) is 19.3 Å². The van der Waals surface area contributed by atoms with Gasteiger partial charge in [0.25, 0.3) is 0 Å². The summed E-state index contributed by atoms with van der Waals surface area (Å²) in [7, 11) is -3.57. The number of nitrogens with zero attached hydrogens (tertiary/aromatic N) is 2. The van der Waals surface area contributed by atoms with Gasteiger partial charge in [0.05, 0.1) is 24.7 Å². The fourth-order valence-corrected chi connectivity index (χ4v) is 3.97. The minimum Gasteiger partial charge on any atom is -0.462 e. The predicted molar refractivity (Wildman–Crippen MR) is 96.3 cm³/mol. The number of hydrogen-bond acceptors (Lipinski definition) is 7. The summed E-state index contributed by atoms with van der Waals surface area (Å²) < 4.78 is 42.5. The second-order valence-electron chi connectivity index (χ2n) is 5.67. The number of rotatable bonds is 6. The topological polar surface area (TPSA) is 95.0 Å². The highest BCUT2D eigenvalue weighted by atomic mass is 32.2. The average molecular weight is 392 g/mol. The number of carbonyl (C=O) groups is 1. The number of carbonyl (C=O) groups excluding carboxylic acids is 1. The molecular formula is C18H20N2O6S. The van der Waals surface area contributed by atoms with Crippen LogP contribution in [0.1, 0.15) is 17.3 Å². The van der Waals surface area contributed by atoms with Gasteiger partial charge in [-0.3, -0.25) is 0 Å². The summed E-state index contributed by atoms with van der Waals surface area (Å²) in [5.41, 5.74) is 0.198. The van der Waals surface area contributed by atoms with Gasteiger partial charge in [-0.25, -0.2) is 18.2 Å². The Balaban J connectivity index is 1.78. The van der Waals surface area contributed by atoms with Crippen molar-refractivity contribution < 1.29 is 27.4 Å². The van der Waals surface area contributed by atoms with Gasteiger partial charge in [-0.15, -0.1) is 0 Å². The molecule has 0 N–H and O–H groups in total.